The molecule has 1 aromatic heterocycles. The number of methoxy groups -OCH3 is 3. The van der Waals surface area contributed by atoms with Gasteiger partial charge in [0.2, 0.25) is 0 Å². The lowest BCUT2D eigenvalue weighted by molar-refractivity contribution is 0.0889. The smallest absolute Gasteiger partial charge is 0.344 e. The summed E-state index contributed by atoms with van der Waals surface area (Å²) >= 11 is 0. The monoisotopic (exact) mass is 459 g/mol. The standard InChI is InChI=1S/C27H25NO6/c1-30-20-8-4-17(5-9-20)14-28-15-22-23(33-16-28)10-7-19-12-21(27(29)34-26(19)22)18-6-11-24(31-2)25(13-18)32-3/h4-13H,14-16H2,1-3H3. The molecule has 3 aromatic carbocycles. The molecule has 0 N–H and O–H groups in total. The van der Waals surface area contributed by atoms with Crippen LogP contribution in [0.3, 0.4) is 0 Å². The van der Waals surface area contributed by atoms with Crippen LogP contribution in [0.5, 0.6) is 23.0 Å². The van der Waals surface area contributed by atoms with Crippen molar-refractivity contribution in [2.24, 2.45) is 0 Å². The molecule has 0 radical (unpaired) electrons. The molecule has 34 heavy (non-hydrogen) atoms. The molecule has 0 unspecified atom stereocenters. The van der Waals surface area contributed by atoms with Crippen LogP contribution in [0.2, 0.25) is 0 Å². The molecule has 0 bridgehead atoms. The fraction of sp³-hybridized carbons (Fsp3) is 0.222. The van der Waals surface area contributed by atoms with Gasteiger partial charge in [0.05, 0.1) is 32.5 Å². The maximum atomic E-state index is 13.0. The van der Waals surface area contributed by atoms with Crippen molar-refractivity contribution in [1.29, 1.82) is 0 Å². The molecule has 5 rings (SSSR count). The van der Waals surface area contributed by atoms with Crippen LogP contribution in [-0.2, 0) is 13.1 Å². The van der Waals surface area contributed by atoms with Gasteiger partial charge in [0.15, 0.2) is 11.5 Å². The van der Waals surface area contributed by atoms with E-state index in [0.29, 0.717) is 48.0 Å². The van der Waals surface area contributed by atoms with E-state index in [1.54, 1.807) is 33.5 Å². The molecule has 4 aromatic rings. The van der Waals surface area contributed by atoms with Crippen molar-refractivity contribution in [3.05, 3.63) is 82.2 Å². The average Bonchev–Trinajstić information content (AvgIpc) is 2.88. The molecule has 0 saturated heterocycles. The van der Waals surface area contributed by atoms with Gasteiger partial charge in [-0.1, -0.05) is 18.2 Å². The Hall–Kier alpha value is -3.97. The zero-order valence-corrected chi connectivity index (χ0v) is 19.3. The first kappa shape index (κ1) is 21.9. The van der Waals surface area contributed by atoms with E-state index in [-0.39, 0.29) is 0 Å². The van der Waals surface area contributed by atoms with E-state index in [9.17, 15) is 4.79 Å². The van der Waals surface area contributed by atoms with E-state index in [2.05, 4.69) is 4.90 Å². The quantitative estimate of drug-likeness (QED) is 0.382. The molecule has 2 heterocycles. The summed E-state index contributed by atoms with van der Waals surface area (Å²) in [6.07, 6.45) is 0. The van der Waals surface area contributed by atoms with Gasteiger partial charge in [-0.25, -0.2) is 4.79 Å². The predicted molar refractivity (Wildman–Crippen MR) is 129 cm³/mol. The van der Waals surface area contributed by atoms with Crippen LogP contribution in [0.4, 0.5) is 0 Å². The van der Waals surface area contributed by atoms with Crippen molar-refractivity contribution in [3.8, 4) is 34.1 Å². The first-order valence-electron chi connectivity index (χ1n) is 10.9. The number of ether oxygens (including phenoxy) is 4. The van der Waals surface area contributed by atoms with Crippen molar-refractivity contribution in [3.63, 3.8) is 0 Å². The Balaban J connectivity index is 1.48. The van der Waals surface area contributed by atoms with Gasteiger partial charge in [-0.2, -0.15) is 0 Å². The summed E-state index contributed by atoms with van der Waals surface area (Å²) in [6, 6.07) is 19.0. The maximum absolute atomic E-state index is 13.0. The Morgan fingerprint density at radius 1 is 0.882 bits per heavy atom. The highest BCUT2D eigenvalue weighted by Crippen LogP contribution is 2.35. The fourth-order valence-corrected chi connectivity index (χ4v) is 4.23. The van der Waals surface area contributed by atoms with Gasteiger partial charge in [0, 0.05) is 18.5 Å². The lowest BCUT2D eigenvalue weighted by Gasteiger charge is -2.29. The Labute approximate surface area is 197 Å². The van der Waals surface area contributed by atoms with Crippen LogP contribution in [0.25, 0.3) is 22.1 Å². The van der Waals surface area contributed by atoms with Crippen LogP contribution >= 0.6 is 0 Å². The largest absolute Gasteiger partial charge is 0.497 e. The van der Waals surface area contributed by atoms with Gasteiger partial charge in [-0.3, -0.25) is 4.90 Å². The van der Waals surface area contributed by atoms with E-state index >= 15 is 0 Å². The Bertz CT molecular complexity index is 1390. The summed E-state index contributed by atoms with van der Waals surface area (Å²) in [6.45, 7) is 1.77. The normalized spacial score (nSPS) is 13.3. The summed E-state index contributed by atoms with van der Waals surface area (Å²) < 4.78 is 27.8. The van der Waals surface area contributed by atoms with E-state index in [4.69, 9.17) is 23.4 Å². The molecular weight excluding hydrogens is 434 g/mol. The van der Waals surface area contributed by atoms with Gasteiger partial charge < -0.3 is 23.4 Å². The van der Waals surface area contributed by atoms with Crippen LogP contribution < -0.4 is 24.6 Å². The molecule has 0 atom stereocenters. The summed E-state index contributed by atoms with van der Waals surface area (Å²) in [4.78, 5) is 15.2. The molecule has 174 valence electrons. The molecule has 0 spiro atoms. The minimum absolute atomic E-state index is 0.416. The molecule has 0 fully saturated rings. The highest BCUT2D eigenvalue weighted by Gasteiger charge is 2.22. The van der Waals surface area contributed by atoms with Crippen LogP contribution in [0.1, 0.15) is 11.1 Å². The SMILES string of the molecule is COc1ccc(CN2COc3ccc4cc(-c5ccc(OC)c(OC)c5)c(=O)oc4c3C2)cc1. The molecular formula is C27H25NO6. The first-order valence-corrected chi connectivity index (χ1v) is 10.9. The Kier molecular flexibility index (Phi) is 5.86. The third-order valence-corrected chi connectivity index (χ3v) is 6.01. The summed E-state index contributed by atoms with van der Waals surface area (Å²) in [7, 11) is 4.79. The topological polar surface area (TPSA) is 70.4 Å². The van der Waals surface area contributed by atoms with E-state index in [0.717, 1.165) is 28.0 Å². The fourth-order valence-electron chi connectivity index (χ4n) is 4.23. The van der Waals surface area contributed by atoms with Crippen molar-refractivity contribution < 1.29 is 23.4 Å². The van der Waals surface area contributed by atoms with Crippen molar-refractivity contribution in [1.82, 2.24) is 4.90 Å². The van der Waals surface area contributed by atoms with Gasteiger partial charge in [0.25, 0.3) is 0 Å². The van der Waals surface area contributed by atoms with Crippen LogP contribution in [0, 0.1) is 0 Å². The Morgan fingerprint density at radius 2 is 1.68 bits per heavy atom. The second-order valence-electron chi connectivity index (χ2n) is 8.09. The van der Waals surface area contributed by atoms with Crippen LogP contribution in [-0.4, -0.2) is 33.0 Å². The number of rotatable bonds is 6. The first-order chi connectivity index (χ1) is 16.6. The van der Waals surface area contributed by atoms with Crippen LogP contribution in [0.15, 0.2) is 69.9 Å². The van der Waals surface area contributed by atoms with Crippen molar-refractivity contribution in [2.75, 3.05) is 28.1 Å². The minimum Gasteiger partial charge on any atom is -0.497 e. The number of benzene rings is 3. The lowest BCUT2D eigenvalue weighted by Crippen LogP contribution is -2.31. The molecule has 0 amide bonds. The second-order valence-corrected chi connectivity index (χ2v) is 8.09. The van der Waals surface area contributed by atoms with E-state index in [1.165, 1.54) is 0 Å². The summed E-state index contributed by atoms with van der Waals surface area (Å²) in [5, 5.41) is 0.832. The summed E-state index contributed by atoms with van der Waals surface area (Å²) in [5.41, 5.74) is 3.30. The molecule has 1 aliphatic rings. The highest BCUT2D eigenvalue weighted by atomic mass is 16.5. The number of nitrogens with zero attached hydrogens (tertiary/aromatic N) is 1. The van der Waals surface area contributed by atoms with Gasteiger partial charge >= 0.3 is 5.63 Å². The number of fused-ring (bicyclic) bond motifs is 3. The zero-order chi connectivity index (χ0) is 23.7. The van der Waals surface area contributed by atoms with Gasteiger partial charge in [0.1, 0.15) is 23.8 Å². The number of hydrogen-bond acceptors (Lipinski definition) is 7. The Morgan fingerprint density at radius 3 is 2.41 bits per heavy atom. The maximum Gasteiger partial charge on any atom is 0.344 e. The number of hydrogen-bond donors (Lipinski definition) is 0. The molecule has 0 saturated carbocycles. The summed E-state index contributed by atoms with van der Waals surface area (Å²) in [5.74, 6) is 2.70. The molecule has 7 heteroatoms. The van der Waals surface area contributed by atoms with Gasteiger partial charge in [-0.15, -0.1) is 0 Å². The van der Waals surface area contributed by atoms with E-state index < -0.39 is 5.63 Å². The predicted octanol–water partition coefficient (Wildman–Crippen LogP) is 4.84. The van der Waals surface area contributed by atoms with Gasteiger partial charge in [-0.05, 0) is 53.6 Å². The third kappa shape index (κ3) is 4.06. The van der Waals surface area contributed by atoms with E-state index in [1.807, 2.05) is 48.5 Å². The van der Waals surface area contributed by atoms with Crippen molar-refractivity contribution in [2.45, 2.75) is 13.1 Å². The second kappa shape index (κ2) is 9.11. The molecule has 1 aliphatic heterocycles. The lowest BCUT2D eigenvalue weighted by atomic mass is 10.0. The average molecular weight is 459 g/mol. The third-order valence-electron chi connectivity index (χ3n) is 6.01. The van der Waals surface area contributed by atoms with Crippen molar-refractivity contribution >= 4 is 11.0 Å². The zero-order valence-electron chi connectivity index (χ0n) is 19.3. The molecule has 0 aliphatic carbocycles. The molecule has 7 nitrogen and oxygen atoms in total. The minimum atomic E-state index is -0.416. The highest BCUT2D eigenvalue weighted by molar-refractivity contribution is 5.86.